The van der Waals surface area contributed by atoms with Gasteiger partial charge >= 0.3 is 0 Å². The van der Waals surface area contributed by atoms with Gasteiger partial charge in [-0.15, -0.1) is 0 Å². The van der Waals surface area contributed by atoms with Gasteiger partial charge in [0.05, 0.1) is 12.9 Å². The summed E-state index contributed by atoms with van der Waals surface area (Å²) in [6.07, 6.45) is 3.92. The number of carbonyl (C=O) groups excluding carboxylic acids is 1. The van der Waals surface area contributed by atoms with Crippen LogP contribution in [0.4, 0.5) is 0 Å². The summed E-state index contributed by atoms with van der Waals surface area (Å²) in [5, 5.41) is 0. The van der Waals surface area contributed by atoms with Crippen LogP contribution in [-0.2, 0) is 19.1 Å². The Morgan fingerprint density at radius 3 is 2.62 bits per heavy atom. The number of rotatable bonds is 4. The predicted molar refractivity (Wildman–Crippen MR) is 58.2 cm³/mol. The van der Waals surface area contributed by atoms with E-state index in [1.165, 1.54) is 0 Å². The maximum absolute atomic E-state index is 11.7. The van der Waals surface area contributed by atoms with Crippen LogP contribution >= 0.6 is 0 Å². The molecule has 1 aliphatic carbocycles. The third-order valence-corrected chi connectivity index (χ3v) is 3.61. The lowest BCUT2D eigenvalue weighted by molar-refractivity contribution is -0.131. The molecule has 0 aromatic rings. The third kappa shape index (κ3) is 3.18. The number of likely N-dealkylation sites (tertiary alicyclic amines) is 1. The van der Waals surface area contributed by atoms with Gasteiger partial charge in [0, 0.05) is 24.9 Å². The summed E-state index contributed by atoms with van der Waals surface area (Å²) in [5.41, 5.74) is 0. The van der Waals surface area contributed by atoms with Gasteiger partial charge in [-0.1, -0.05) is 0 Å². The van der Waals surface area contributed by atoms with Crippen molar-refractivity contribution in [1.82, 2.24) is 4.90 Å². The lowest BCUT2D eigenvalue weighted by atomic mass is 10.1. The van der Waals surface area contributed by atoms with Gasteiger partial charge in [0.1, 0.15) is 0 Å². The van der Waals surface area contributed by atoms with Crippen molar-refractivity contribution in [3.05, 3.63) is 0 Å². The van der Waals surface area contributed by atoms with E-state index in [0.29, 0.717) is 6.54 Å². The van der Waals surface area contributed by atoms with E-state index in [-0.39, 0.29) is 24.3 Å². The molecule has 1 atom stereocenters. The van der Waals surface area contributed by atoms with Crippen LogP contribution in [0.2, 0.25) is 0 Å². The first-order valence-electron chi connectivity index (χ1n) is 5.59. The van der Waals surface area contributed by atoms with Gasteiger partial charge < -0.3 is 4.90 Å². The zero-order chi connectivity index (χ0) is 11.8. The van der Waals surface area contributed by atoms with E-state index in [1.807, 2.05) is 4.90 Å². The molecule has 16 heavy (non-hydrogen) atoms. The fourth-order valence-corrected chi connectivity index (χ4v) is 2.42. The molecule has 5 nitrogen and oxygen atoms in total. The molecule has 92 valence electrons. The molecule has 0 radical (unpaired) electrons. The van der Waals surface area contributed by atoms with Crippen molar-refractivity contribution in [2.75, 3.05) is 26.0 Å². The van der Waals surface area contributed by atoms with Crippen molar-refractivity contribution in [2.45, 2.75) is 19.3 Å². The van der Waals surface area contributed by atoms with Gasteiger partial charge in [-0.2, -0.15) is 8.42 Å². The molecular formula is C10H17NO4S. The summed E-state index contributed by atoms with van der Waals surface area (Å²) in [5.74, 6) is 0.647. The number of amides is 1. The molecule has 0 unspecified atom stereocenters. The van der Waals surface area contributed by atoms with E-state index in [0.717, 1.165) is 32.1 Å². The molecule has 2 fully saturated rings. The molecule has 1 saturated heterocycles. The minimum Gasteiger partial charge on any atom is -0.342 e. The van der Waals surface area contributed by atoms with E-state index in [2.05, 4.69) is 0 Å². The highest BCUT2D eigenvalue weighted by Crippen LogP contribution is 2.32. The Morgan fingerprint density at radius 1 is 1.38 bits per heavy atom. The smallest absolute Gasteiger partial charge is 0.264 e. The molecule has 0 aromatic carbocycles. The second-order valence-corrected chi connectivity index (χ2v) is 6.35. The van der Waals surface area contributed by atoms with E-state index >= 15 is 0 Å². The van der Waals surface area contributed by atoms with Gasteiger partial charge in [0.15, 0.2) is 0 Å². The second kappa shape index (κ2) is 4.33. The average Bonchev–Trinajstić information content (AvgIpc) is 2.92. The topological polar surface area (TPSA) is 63.7 Å². The predicted octanol–water partition coefficient (Wildman–Crippen LogP) is 0.221. The molecule has 0 N–H and O–H groups in total. The first-order chi connectivity index (χ1) is 7.46. The van der Waals surface area contributed by atoms with Crippen molar-refractivity contribution in [1.29, 1.82) is 0 Å². The molecule has 0 bridgehead atoms. The Kier molecular flexibility index (Phi) is 3.21. The van der Waals surface area contributed by atoms with Gasteiger partial charge in [-0.3, -0.25) is 8.98 Å². The summed E-state index contributed by atoms with van der Waals surface area (Å²) < 4.78 is 26.4. The van der Waals surface area contributed by atoms with Crippen LogP contribution in [0.1, 0.15) is 19.3 Å². The van der Waals surface area contributed by atoms with Gasteiger partial charge in [0.25, 0.3) is 10.1 Å². The Morgan fingerprint density at radius 2 is 2.06 bits per heavy atom. The summed E-state index contributed by atoms with van der Waals surface area (Å²) in [6, 6.07) is 0. The molecule has 2 aliphatic rings. The average molecular weight is 247 g/mol. The maximum Gasteiger partial charge on any atom is 0.264 e. The zero-order valence-electron chi connectivity index (χ0n) is 9.39. The largest absolute Gasteiger partial charge is 0.342 e. The van der Waals surface area contributed by atoms with Crippen molar-refractivity contribution in [2.24, 2.45) is 11.8 Å². The molecular weight excluding hydrogens is 230 g/mol. The van der Waals surface area contributed by atoms with E-state index in [9.17, 15) is 13.2 Å². The normalized spacial score (nSPS) is 26.1. The summed E-state index contributed by atoms with van der Waals surface area (Å²) in [7, 11) is -3.36. The van der Waals surface area contributed by atoms with Gasteiger partial charge in [-0.25, -0.2) is 0 Å². The molecule has 1 amide bonds. The van der Waals surface area contributed by atoms with Crippen molar-refractivity contribution in [3.8, 4) is 0 Å². The third-order valence-electron chi connectivity index (χ3n) is 3.04. The number of hydrogen-bond donors (Lipinski definition) is 0. The van der Waals surface area contributed by atoms with Crippen LogP contribution in [0.15, 0.2) is 0 Å². The Labute approximate surface area is 95.9 Å². The van der Waals surface area contributed by atoms with Crippen LogP contribution in [0.25, 0.3) is 0 Å². The fourth-order valence-electron chi connectivity index (χ4n) is 1.98. The van der Waals surface area contributed by atoms with Crippen LogP contribution in [0.3, 0.4) is 0 Å². The summed E-state index contributed by atoms with van der Waals surface area (Å²) in [4.78, 5) is 13.6. The highest BCUT2D eigenvalue weighted by Gasteiger charge is 2.36. The fraction of sp³-hybridized carbons (Fsp3) is 0.900. The summed E-state index contributed by atoms with van der Waals surface area (Å²) in [6.45, 7) is 1.59. The Bertz CT molecular complexity index is 374. The number of nitrogens with zero attached hydrogens (tertiary/aromatic N) is 1. The monoisotopic (exact) mass is 247 g/mol. The van der Waals surface area contributed by atoms with Crippen LogP contribution < -0.4 is 0 Å². The first kappa shape index (κ1) is 11.9. The lowest BCUT2D eigenvalue weighted by Gasteiger charge is -2.15. The zero-order valence-corrected chi connectivity index (χ0v) is 10.2. The second-order valence-electron chi connectivity index (χ2n) is 4.70. The Balaban J connectivity index is 1.77. The van der Waals surface area contributed by atoms with Crippen LogP contribution in [-0.4, -0.2) is 45.2 Å². The van der Waals surface area contributed by atoms with E-state index < -0.39 is 10.1 Å². The first-order valence-corrected chi connectivity index (χ1v) is 7.40. The quantitative estimate of drug-likeness (QED) is 0.667. The molecule has 2 rings (SSSR count). The molecule has 1 heterocycles. The van der Waals surface area contributed by atoms with Crippen molar-refractivity contribution < 1.29 is 17.4 Å². The van der Waals surface area contributed by atoms with E-state index in [4.69, 9.17) is 4.18 Å². The molecule has 6 heteroatoms. The van der Waals surface area contributed by atoms with Gasteiger partial charge in [0.2, 0.25) is 5.91 Å². The van der Waals surface area contributed by atoms with Crippen molar-refractivity contribution >= 4 is 16.0 Å². The minimum absolute atomic E-state index is 0.164. The number of carbonyl (C=O) groups is 1. The molecule has 0 spiro atoms. The SMILES string of the molecule is CS(=O)(=O)OC[C@@H]1CCN(C(=O)C2CC2)C1. The standard InChI is InChI=1S/C10H17NO4S/c1-16(13,14)15-7-8-4-5-11(6-8)10(12)9-2-3-9/h8-9H,2-7H2,1H3/t8-/m1/s1. The van der Waals surface area contributed by atoms with Crippen LogP contribution in [0, 0.1) is 11.8 Å². The highest BCUT2D eigenvalue weighted by atomic mass is 32.2. The van der Waals surface area contributed by atoms with Crippen molar-refractivity contribution in [3.63, 3.8) is 0 Å². The lowest BCUT2D eigenvalue weighted by Crippen LogP contribution is -2.30. The molecule has 0 aromatic heterocycles. The minimum atomic E-state index is -3.36. The van der Waals surface area contributed by atoms with Gasteiger partial charge in [-0.05, 0) is 19.3 Å². The van der Waals surface area contributed by atoms with E-state index in [1.54, 1.807) is 0 Å². The van der Waals surface area contributed by atoms with Crippen LogP contribution in [0.5, 0.6) is 0 Å². The Hall–Kier alpha value is -0.620. The molecule has 1 saturated carbocycles. The highest BCUT2D eigenvalue weighted by molar-refractivity contribution is 7.85. The number of hydrogen-bond acceptors (Lipinski definition) is 4. The molecule has 1 aliphatic heterocycles. The summed E-state index contributed by atoms with van der Waals surface area (Å²) >= 11 is 0. The maximum atomic E-state index is 11.7.